The highest BCUT2D eigenvalue weighted by molar-refractivity contribution is 7.18. The smallest absolute Gasteiger partial charge is 0.235 e. The van der Waals surface area contributed by atoms with Crippen molar-refractivity contribution >= 4 is 21.6 Å². The summed E-state index contributed by atoms with van der Waals surface area (Å²) in [6, 6.07) is 17.7. The molecule has 3 aromatic rings. The zero-order valence-electron chi connectivity index (χ0n) is 10.9. The Morgan fingerprint density at radius 3 is 2.60 bits per heavy atom. The molecule has 0 fully saturated rings. The van der Waals surface area contributed by atoms with Gasteiger partial charge in [-0.3, -0.25) is 0 Å². The van der Waals surface area contributed by atoms with Crippen molar-refractivity contribution in [3.8, 4) is 11.8 Å². The fourth-order valence-electron chi connectivity index (χ4n) is 1.89. The number of rotatable bonds is 3. The standard InChI is InChI=1S/C16H12N2OS/c1-11-6-8-12(9-7-11)19-14(10-17)16-18-13-4-2-3-5-15(13)20-16/h2-9,14H,1H3. The molecule has 1 heterocycles. The molecule has 20 heavy (non-hydrogen) atoms. The Kier molecular flexibility index (Phi) is 3.36. The molecule has 1 aromatic heterocycles. The van der Waals surface area contributed by atoms with E-state index < -0.39 is 6.10 Å². The molecule has 0 aliphatic heterocycles. The highest BCUT2D eigenvalue weighted by Crippen LogP contribution is 2.29. The van der Waals surface area contributed by atoms with Gasteiger partial charge in [0.05, 0.1) is 10.2 Å². The largest absolute Gasteiger partial charge is 0.468 e. The van der Waals surface area contributed by atoms with Crippen LogP contribution in [0.5, 0.6) is 5.75 Å². The quantitative estimate of drug-likeness (QED) is 0.720. The molecule has 4 heteroatoms. The van der Waals surface area contributed by atoms with E-state index in [-0.39, 0.29) is 0 Å². The Morgan fingerprint density at radius 2 is 1.90 bits per heavy atom. The Balaban J connectivity index is 1.89. The molecule has 3 rings (SSSR count). The number of hydrogen-bond acceptors (Lipinski definition) is 4. The lowest BCUT2D eigenvalue weighted by molar-refractivity contribution is 0.262. The van der Waals surface area contributed by atoms with Crippen LogP contribution < -0.4 is 4.74 Å². The second kappa shape index (κ2) is 5.32. The van der Waals surface area contributed by atoms with Gasteiger partial charge in [0.2, 0.25) is 6.10 Å². The van der Waals surface area contributed by atoms with Crippen molar-refractivity contribution < 1.29 is 4.74 Å². The fraction of sp³-hybridized carbons (Fsp3) is 0.125. The molecular formula is C16H12N2OS. The Bertz CT molecular complexity index is 738. The van der Waals surface area contributed by atoms with Crippen LogP contribution in [0.15, 0.2) is 48.5 Å². The highest BCUT2D eigenvalue weighted by atomic mass is 32.1. The van der Waals surface area contributed by atoms with Gasteiger partial charge in [-0.05, 0) is 31.2 Å². The normalized spacial score (nSPS) is 12.0. The summed E-state index contributed by atoms with van der Waals surface area (Å²) in [6.45, 7) is 2.01. The number of nitriles is 1. The van der Waals surface area contributed by atoms with Crippen LogP contribution in [0.1, 0.15) is 16.7 Å². The zero-order valence-corrected chi connectivity index (χ0v) is 11.7. The van der Waals surface area contributed by atoms with Gasteiger partial charge in [-0.25, -0.2) is 4.98 Å². The maximum atomic E-state index is 9.31. The maximum absolute atomic E-state index is 9.31. The van der Waals surface area contributed by atoms with Crippen LogP contribution >= 0.6 is 11.3 Å². The minimum absolute atomic E-state index is 0.671. The molecular weight excluding hydrogens is 268 g/mol. The predicted molar refractivity (Wildman–Crippen MR) is 79.8 cm³/mol. The van der Waals surface area contributed by atoms with Gasteiger partial charge >= 0.3 is 0 Å². The topological polar surface area (TPSA) is 45.9 Å². The lowest BCUT2D eigenvalue weighted by atomic mass is 10.2. The molecule has 0 bridgehead atoms. The van der Waals surface area contributed by atoms with Crippen molar-refractivity contribution in [2.45, 2.75) is 13.0 Å². The van der Waals surface area contributed by atoms with Crippen LogP contribution in [-0.4, -0.2) is 4.98 Å². The number of nitrogens with zero attached hydrogens (tertiary/aromatic N) is 2. The summed E-state index contributed by atoms with van der Waals surface area (Å²) in [4.78, 5) is 4.47. The average Bonchev–Trinajstić information content (AvgIpc) is 2.90. The summed E-state index contributed by atoms with van der Waals surface area (Å²) in [5.41, 5.74) is 2.06. The molecule has 2 aromatic carbocycles. The van der Waals surface area contributed by atoms with Crippen LogP contribution in [0.4, 0.5) is 0 Å². The van der Waals surface area contributed by atoms with E-state index in [0.717, 1.165) is 15.8 Å². The molecule has 0 saturated carbocycles. The predicted octanol–water partition coefficient (Wildman–Crippen LogP) is 4.25. The van der Waals surface area contributed by atoms with Gasteiger partial charge in [0.15, 0.2) is 0 Å². The van der Waals surface area contributed by atoms with E-state index >= 15 is 0 Å². The van der Waals surface area contributed by atoms with Gasteiger partial charge < -0.3 is 4.74 Å². The van der Waals surface area contributed by atoms with Gasteiger partial charge in [-0.1, -0.05) is 29.8 Å². The molecule has 0 spiro atoms. The summed E-state index contributed by atoms with van der Waals surface area (Å²) < 4.78 is 6.79. The minimum atomic E-state index is -0.671. The number of thiazole rings is 1. The zero-order chi connectivity index (χ0) is 13.9. The lowest BCUT2D eigenvalue weighted by Gasteiger charge is -2.09. The SMILES string of the molecule is Cc1ccc(OC(C#N)c2nc3ccccc3s2)cc1. The summed E-state index contributed by atoms with van der Waals surface area (Å²) in [5, 5.41) is 10.0. The van der Waals surface area contributed by atoms with Crippen LogP contribution in [-0.2, 0) is 0 Å². The first-order chi connectivity index (χ1) is 9.76. The van der Waals surface area contributed by atoms with E-state index in [1.165, 1.54) is 11.3 Å². The summed E-state index contributed by atoms with van der Waals surface area (Å²) in [5.74, 6) is 0.682. The highest BCUT2D eigenvalue weighted by Gasteiger charge is 2.17. The number of ether oxygens (including phenoxy) is 1. The molecule has 0 amide bonds. The summed E-state index contributed by atoms with van der Waals surface area (Å²) in [6.07, 6.45) is -0.671. The number of aryl methyl sites for hydroxylation is 1. The van der Waals surface area contributed by atoms with E-state index in [1.54, 1.807) is 0 Å². The number of para-hydroxylation sites is 1. The van der Waals surface area contributed by atoms with Crippen molar-refractivity contribution in [3.05, 3.63) is 59.1 Å². The van der Waals surface area contributed by atoms with Crippen molar-refractivity contribution in [1.82, 2.24) is 4.98 Å². The first-order valence-corrected chi connectivity index (χ1v) is 7.06. The second-order valence-electron chi connectivity index (χ2n) is 4.46. The van der Waals surface area contributed by atoms with Gasteiger partial charge in [0.1, 0.15) is 16.8 Å². The molecule has 1 unspecified atom stereocenters. The Labute approximate surface area is 121 Å². The third-order valence-electron chi connectivity index (χ3n) is 2.93. The number of aromatic nitrogens is 1. The Morgan fingerprint density at radius 1 is 1.15 bits per heavy atom. The average molecular weight is 280 g/mol. The van der Waals surface area contributed by atoms with Crippen LogP contribution in [0, 0.1) is 18.3 Å². The van der Waals surface area contributed by atoms with Crippen LogP contribution in [0.25, 0.3) is 10.2 Å². The molecule has 1 atom stereocenters. The molecule has 0 aliphatic carbocycles. The molecule has 0 radical (unpaired) electrons. The number of hydrogen-bond donors (Lipinski definition) is 0. The van der Waals surface area contributed by atoms with Crippen molar-refractivity contribution in [2.24, 2.45) is 0 Å². The van der Waals surface area contributed by atoms with E-state index in [0.29, 0.717) is 10.8 Å². The monoisotopic (exact) mass is 280 g/mol. The minimum Gasteiger partial charge on any atom is -0.468 e. The van der Waals surface area contributed by atoms with E-state index in [4.69, 9.17) is 4.74 Å². The molecule has 98 valence electrons. The maximum Gasteiger partial charge on any atom is 0.235 e. The van der Waals surface area contributed by atoms with E-state index in [1.807, 2.05) is 55.5 Å². The van der Waals surface area contributed by atoms with Gasteiger partial charge in [-0.15, -0.1) is 11.3 Å². The third-order valence-corrected chi connectivity index (χ3v) is 4.01. The summed E-state index contributed by atoms with van der Waals surface area (Å²) in [7, 11) is 0. The first-order valence-electron chi connectivity index (χ1n) is 6.24. The van der Waals surface area contributed by atoms with Gasteiger partial charge in [-0.2, -0.15) is 5.26 Å². The molecule has 3 nitrogen and oxygen atoms in total. The van der Waals surface area contributed by atoms with Gasteiger partial charge in [0.25, 0.3) is 0 Å². The number of fused-ring (bicyclic) bond motifs is 1. The molecule has 0 saturated heterocycles. The van der Waals surface area contributed by atoms with E-state index in [9.17, 15) is 5.26 Å². The second-order valence-corrected chi connectivity index (χ2v) is 5.52. The first kappa shape index (κ1) is 12.6. The lowest BCUT2D eigenvalue weighted by Crippen LogP contribution is -2.04. The molecule has 0 N–H and O–H groups in total. The van der Waals surface area contributed by atoms with Crippen LogP contribution in [0.3, 0.4) is 0 Å². The Hall–Kier alpha value is -2.38. The van der Waals surface area contributed by atoms with E-state index in [2.05, 4.69) is 11.1 Å². The number of benzene rings is 2. The summed E-state index contributed by atoms with van der Waals surface area (Å²) >= 11 is 1.49. The van der Waals surface area contributed by atoms with Crippen LogP contribution in [0.2, 0.25) is 0 Å². The van der Waals surface area contributed by atoms with Gasteiger partial charge in [0, 0.05) is 0 Å². The fourth-order valence-corrected chi connectivity index (χ4v) is 2.83. The van der Waals surface area contributed by atoms with Crippen molar-refractivity contribution in [2.75, 3.05) is 0 Å². The van der Waals surface area contributed by atoms with Crippen molar-refractivity contribution in [3.63, 3.8) is 0 Å². The molecule has 0 aliphatic rings. The van der Waals surface area contributed by atoms with Crippen molar-refractivity contribution in [1.29, 1.82) is 5.26 Å². The third kappa shape index (κ3) is 2.49.